The van der Waals surface area contributed by atoms with Gasteiger partial charge in [-0.1, -0.05) is 48.0 Å². The number of para-hydroxylation sites is 1. The van der Waals surface area contributed by atoms with Gasteiger partial charge in [0, 0.05) is 17.7 Å². The Kier molecular flexibility index (Phi) is 6.99. The minimum atomic E-state index is -0.335. The van der Waals surface area contributed by atoms with Crippen LogP contribution in [0.1, 0.15) is 22.8 Å². The van der Waals surface area contributed by atoms with Crippen molar-refractivity contribution < 1.29 is 9.53 Å². The monoisotopic (exact) mass is 481 g/mol. The molecule has 8 heteroatoms. The lowest BCUT2D eigenvalue weighted by Gasteiger charge is -2.11. The van der Waals surface area contributed by atoms with Crippen LogP contribution >= 0.6 is 35.2 Å². The molecule has 0 unspecified atom stereocenters. The molecule has 0 spiro atoms. The summed E-state index contributed by atoms with van der Waals surface area (Å²) in [4.78, 5) is 17.1. The molecule has 0 atom stereocenters. The van der Waals surface area contributed by atoms with Gasteiger partial charge in [-0.05, 0) is 55.0 Å². The first-order valence-electron chi connectivity index (χ1n) is 10.00. The fourth-order valence-corrected chi connectivity index (χ4v) is 4.45. The molecule has 162 valence electrons. The number of benzene rings is 3. The van der Waals surface area contributed by atoms with Gasteiger partial charge in [-0.25, -0.2) is 4.98 Å². The van der Waals surface area contributed by atoms with Crippen molar-refractivity contribution in [3.05, 3.63) is 82.9 Å². The topological polar surface area (TPSA) is 63.2 Å². The van der Waals surface area contributed by atoms with Crippen molar-refractivity contribution in [2.75, 3.05) is 6.61 Å². The number of hydrogen-bond acceptors (Lipinski definition) is 5. The van der Waals surface area contributed by atoms with E-state index in [4.69, 9.17) is 28.6 Å². The highest BCUT2D eigenvalue weighted by atomic mass is 35.5. The first-order chi connectivity index (χ1) is 15.5. The predicted molar refractivity (Wildman–Crippen MR) is 135 cm³/mol. The number of ether oxygens (including phenoxy) is 1. The number of hydrogen-bond donors (Lipinski definition) is 2. The van der Waals surface area contributed by atoms with Gasteiger partial charge in [-0.3, -0.25) is 10.1 Å². The van der Waals surface area contributed by atoms with Crippen molar-refractivity contribution in [2.45, 2.75) is 13.5 Å². The second kappa shape index (κ2) is 10.1. The van der Waals surface area contributed by atoms with Crippen LogP contribution in [-0.2, 0) is 6.54 Å². The Balaban J connectivity index is 1.32. The second-order valence-corrected chi connectivity index (χ2v) is 8.74. The molecule has 32 heavy (non-hydrogen) atoms. The Morgan fingerprint density at radius 2 is 1.91 bits per heavy atom. The van der Waals surface area contributed by atoms with Crippen molar-refractivity contribution in [3.63, 3.8) is 0 Å². The molecule has 0 bridgehead atoms. The van der Waals surface area contributed by atoms with Gasteiger partial charge in [0.25, 0.3) is 5.91 Å². The van der Waals surface area contributed by atoms with Gasteiger partial charge in [0.15, 0.2) is 5.11 Å². The lowest BCUT2D eigenvalue weighted by Crippen LogP contribution is -2.38. The van der Waals surface area contributed by atoms with Crippen LogP contribution < -0.4 is 15.4 Å². The van der Waals surface area contributed by atoms with E-state index in [1.165, 1.54) is 4.70 Å². The number of thiocarbonyl (C=S) groups is 1. The summed E-state index contributed by atoms with van der Waals surface area (Å²) in [5.41, 5.74) is 3.52. The average Bonchev–Trinajstić information content (AvgIpc) is 3.24. The molecule has 0 radical (unpaired) electrons. The zero-order valence-electron chi connectivity index (χ0n) is 17.2. The van der Waals surface area contributed by atoms with Crippen LogP contribution in [0.3, 0.4) is 0 Å². The summed E-state index contributed by atoms with van der Waals surface area (Å²) in [6, 6.07) is 21.1. The molecule has 1 amide bonds. The van der Waals surface area contributed by atoms with E-state index in [-0.39, 0.29) is 11.0 Å². The molecule has 0 fully saturated rings. The lowest BCUT2D eigenvalue weighted by molar-refractivity contribution is 0.0976. The van der Waals surface area contributed by atoms with Gasteiger partial charge in [-0.2, -0.15) is 0 Å². The first kappa shape index (κ1) is 22.2. The Hall–Kier alpha value is -3.00. The molecule has 0 saturated carbocycles. The molecule has 1 heterocycles. The Bertz CT molecular complexity index is 1240. The molecule has 0 aliphatic carbocycles. The Morgan fingerprint density at radius 3 is 2.62 bits per heavy atom. The minimum absolute atomic E-state index is 0.246. The zero-order valence-corrected chi connectivity index (χ0v) is 19.6. The van der Waals surface area contributed by atoms with E-state index >= 15 is 0 Å². The number of carbonyl (C=O) groups is 1. The SMILES string of the molecule is CCOc1ccc(C(=O)NC(=S)NCc2ccc(-c3nc4ccccc4s3)cc2)cc1Cl. The maximum absolute atomic E-state index is 12.4. The summed E-state index contributed by atoms with van der Waals surface area (Å²) in [6.07, 6.45) is 0. The van der Waals surface area contributed by atoms with E-state index in [0.717, 1.165) is 21.7 Å². The van der Waals surface area contributed by atoms with Crippen LogP contribution in [0.5, 0.6) is 5.75 Å². The Labute approximate surface area is 200 Å². The number of amides is 1. The van der Waals surface area contributed by atoms with Crippen LogP contribution in [0.2, 0.25) is 5.02 Å². The van der Waals surface area contributed by atoms with Gasteiger partial charge >= 0.3 is 0 Å². The van der Waals surface area contributed by atoms with Crippen molar-refractivity contribution in [3.8, 4) is 16.3 Å². The second-order valence-electron chi connectivity index (χ2n) is 6.90. The summed E-state index contributed by atoms with van der Waals surface area (Å²) in [5.74, 6) is 0.208. The Morgan fingerprint density at radius 1 is 1.12 bits per heavy atom. The molecule has 4 aromatic rings. The number of carbonyl (C=O) groups excluding carboxylic acids is 1. The number of fused-ring (bicyclic) bond motifs is 1. The number of halogens is 1. The third-order valence-electron chi connectivity index (χ3n) is 4.67. The summed E-state index contributed by atoms with van der Waals surface area (Å²) < 4.78 is 6.56. The third kappa shape index (κ3) is 5.24. The number of aromatic nitrogens is 1. The van der Waals surface area contributed by atoms with Crippen molar-refractivity contribution in [1.29, 1.82) is 0 Å². The van der Waals surface area contributed by atoms with E-state index in [0.29, 0.717) is 29.5 Å². The van der Waals surface area contributed by atoms with Crippen LogP contribution in [0, 0.1) is 0 Å². The number of thiazole rings is 1. The van der Waals surface area contributed by atoms with Crippen molar-refractivity contribution >= 4 is 56.4 Å². The average molecular weight is 482 g/mol. The summed E-state index contributed by atoms with van der Waals surface area (Å²) >= 11 is 13.1. The molecule has 2 N–H and O–H groups in total. The van der Waals surface area contributed by atoms with Crippen LogP contribution in [0.25, 0.3) is 20.8 Å². The molecular formula is C24H20ClN3O2S2. The van der Waals surface area contributed by atoms with Crippen LogP contribution in [0.4, 0.5) is 0 Å². The highest BCUT2D eigenvalue weighted by molar-refractivity contribution is 7.80. The maximum Gasteiger partial charge on any atom is 0.257 e. The fourth-order valence-electron chi connectivity index (χ4n) is 3.08. The zero-order chi connectivity index (χ0) is 22.5. The molecule has 0 saturated heterocycles. The van der Waals surface area contributed by atoms with E-state index < -0.39 is 0 Å². The normalized spacial score (nSPS) is 10.7. The lowest BCUT2D eigenvalue weighted by atomic mass is 10.1. The summed E-state index contributed by atoms with van der Waals surface area (Å²) in [7, 11) is 0. The summed E-state index contributed by atoms with van der Waals surface area (Å²) in [6.45, 7) is 2.86. The van der Waals surface area contributed by atoms with Gasteiger partial charge < -0.3 is 10.1 Å². The molecule has 0 aliphatic rings. The molecule has 5 nitrogen and oxygen atoms in total. The van der Waals surface area contributed by atoms with Crippen LogP contribution in [0.15, 0.2) is 66.7 Å². The standard InChI is InChI=1S/C24H20ClN3O2S2/c1-2-30-20-12-11-17(13-18(20)25)22(29)28-24(31)26-14-15-7-9-16(10-8-15)23-27-19-5-3-4-6-21(19)32-23/h3-13H,2,14H2,1H3,(H2,26,28,29,31). The summed E-state index contributed by atoms with van der Waals surface area (Å²) in [5, 5.41) is 7.34. The third-order valence-corrected chi connectivity index (χ3v) is 6.30. The highest BCUT2D eigenvalue weighted by Crippen LogP contribution is 2.30. The number of nitrogens with one attached hydrogen (secondary N) is 2. The molecule has 1 aromatic heterocycles. The smallest absolute Gasteiger partial charge is 0.257 e. The van der Waals surface area contributed by atoms with E-state index in [1.807, 2.05) is 49.4 Å². The molecule has 0 aliphatic heterocycles. The van der Waals surface area contributed by atoms with Gasteiger partial charge in [0.2, 0.25) is 0 Å². The van der Waals surface area contributed by atoms with Crippen molar-refractivity contribution in [2.24, 2.45) is 0 Å². The van der Waals surface area contributed by atoms with Gasteiger partial charge in [0.1, 0.15) is 10.8 Å². The number of rotatable bonds is 6. The number of nitrogens with zero attached hydrogens (tertiary/aromatic N) is 1. The highest BCUT2D eigenvalue weighted by Gasteiger charge is 2.11. The fraction of sp³-hybridized carbons (Fsp3) is 0.125. The minimum Gasteiger partial charge on any atom is -0.492 e. The molecule has 4 rings (SSSR count). The largest absolute Gasteiger partial charge is 0.492 e. The van der Waals surface area contributed by atoms with Gasteiger partial charge in [-0.15, -0.1) is 11.3 Å². The quantitative estimate of drug-likeness (QED) is 0.340. The van der Waals surface area contributed by atoms with E-state index in [2.05, 4.69) is 21.7 Å². The molecule has 3 aromatic carbocycles. The van der Waals surface area contributed by atoms with Gasteiger partial charge in [0.05, 0.1) is 21.8 Å². The van der Waals surface area contributed by atoms with Crippen molar-refractivity contribution in [1.82, 2.24) is 15.6 Å². The van der Waals surface area contributed by atoms with E-state index in [9.17, 15) is 4.79 Å². The van der Waals surface area contributed by atoms with Crippen LogP contribution in [-0.4, -0.2) is 22.6 Å². The molecular weight excluding hydrogens is 462 g/mol. The first-order valence-corrected chi connectivity index (χ1v) is 11.6. The van der Waals surface area contributed by atoms with E-state index in [1.54, 1.807) is 29.5 Å². The predicted octanol–water partition coefficient (Wildman–Crippen LogP) is 5.82. The maximum atomic E-state index is 12.4.